The van der Waals surface area contributed by atoms with Crippen LogP contribution in [0.25, 0.3) is 16.9 Å². The molecular weight excluding hydrogens is 433 g/mol. The smallest absolute Gasteiger partial charge is 0.217 e. The summed E-state index contributed by atoms with van der Waals surface area (Å²) in [5.74, 6) is -0.547. The second-order valence-corrected chi connectivity index (χ2v) is 7.90. The van der Waals surface area contributed by atoms with Gasteiger partial charge in [-0.3, -0.25) is 9.59 Å². The number of Topliss-reactive ketones (excluding diaryl/α,β-unsaturated/α-hetero) is 1. The predicted molar refractivity (Wildman–Crippen MR) is 116 cm³/mol. The largest absolute Gasteiger partial charge is 0.341 e. The molecule has 0 bridgehead atoms. The molecule has 1 amide bonds. The Balaban J connectivity index is 2.29. The first-order chi connectivity index (χ1) is 13.7. The third-order valence-electron chi connectivity index (χ3n) is 4.44. The van der Waals surface area contributed by atoms with E-state index in [0.717, 1.165) is 16.8 Å². The SMILES string of the molecule is CC(=O)NC(C(C)=O)c1nn(-c2ccc(Cl)cc2Cl)c(-c2ccc(Cl)cc2)c1C. The molecule has 3 rings (SSSR count). The highest BCUT2D eigenvalue weighted by atomic mass is 35.5. The maximum absolute atomic E-state index is 12.3. The van der Waals surface area contributed by atoms with Gasteiger partial charge in [-0.2, -0.15) is 5.10 Å². The van der Waals surface area contributed by atoms with E-state index in [0.29, 0.717) is 26.4 Å². The molecule has 0 spiro atoms. The second-order valence-electron chi connectivity index (χ2n) is 6.62. The minimum absolute atomic E-state index is 0.224. The van der Waals surface area contributed by atoms with Crippen LogP contribution in [0.2, 0.25) is 15.1 Å². The molecule has 3 aromatic rings. The van der Waals surface area contributed by atoms with Gasteiger partial charge in [-0.05, 0) is 44.2 Å². The Labute approximate surface area is 183 Å². The fraction of sp³-hybridized carbons (Fsp3) is 0.190. The summed E-state index contributed by atoms with van der Waals surface area (Å²) in [6.07, 6.45) is 0. The number of carbonyl (C=O) groups is 2. The van der Waals surface area contributed by atoms with Crippen molar-refractivity contribution in [3.05, 3.63) is 68.8 Å². The summed E-state index contributed by atoms with van der Waals surface area (Å²) in [5, 5.41) is 8.84. The lowest BCUT2D eigenvalue weighted by atomic mass is 10.0. The fourth-order valence-electron chi connectivity index (χ4n) is 3.13. The van der Waals surface area contributed by atoms with Gasteiger partial charge in [0.25, 0.3) is 0 Å². The van der Waals surface area contributed by atoms with Crippen molar-refractivity contribution in [1.82, 2.24) is 15.1 Å². The van der Waals surface area contributed by atoms with Crippen molar-refractivity contribution in [3.63, 3.8) is 0 Å². The number of hydrogen-bond acceptors (Lipinski definition) is 3. The minimum Gasteiger partial charge on any atom is -0.341 e. The third kappa shape index (κ3) is 4.47. The number of carbonyl (C=O) groups excluding carboxylic acids is 2. The van der Waals surface area contributed by atoms with E-state index < -0.39 is 6.04 Å². The Bertz CT molecular complexity index is 1090. The topological polar surface area (TPSA) is 64.0 Å². The number of aromatic nitrogens is 2. The number of nitrogens with zero attached hydrogens (tertiary/aromatic N) is 2. The molecule has 1 atom stereocenters. The lowest BCUT2D eigenvalue weighted by Crippen LogP contribution is -2.31. The molecule has 150 valence electrons. The first-order valence-electron chi connectivity index (χ1n) is 8.77. The van der Waals surface area contributed by atoms with Crippen LogP contribution < -0.4 is 5.32 Å². The average Bonchev–Trinajstić information content (AvgIpc) is 2.97. The number of amides is 1. The molecule has 29 heavy (non-hydrogen) atoms. The molecular formula is C21H18Cl3N3O2. The standard InChI is InChI=1S/C21H18Cl3N3O2/c1-11-19(20(12(2)28)25-13(3)29)26-27(18-9-8-16(23)10-17(18)24)21(11)14-4-6-15(22)7-5-14/h4-10,20H,1-3H3,(H,25,29). The number of nitrogens with one attached hydrogen (secondary N) is 1. The van der Waals surface area contributed by atoms with Gasteiger partial charge in [-0.15, -0.1) is 0 Å². The van der Waals surface area contributed by atoms with Gasteiger partial charge in [0.05, 0.1) is 22.1 Å². The molecule has 1 heterocycles. The van der Waals surface area contributed by atoms with Gasteiger partial charge in [0.1, 0.15) is 6.04 Å². The molecule has 1 unspecified atom stereocenters. The highest BCUT2D eigenvalue weighted by molar-refractivity contribution is 6.35. The van der Waals surface area contributed by atoms with E-state index in [4.69, 9.17) is 34.8 Å². The highest BCUT2D eigenvalue weighted by Crippen LogP contribution is 2.35. The summed E-state index contributed by atoms with van der Waals surface area (Å²) in [5.41, 5.74) is 3.36. The number of ketones is 1. The summed E-state index contributed by atoms with van der Waals surface area (Å²) in [6, 6.07) is 11.5. The maximum atomic E-state index is 12.3. The van der Waals surface area contributed by atoms with Gasteiger partial charge in [0, 0.05) is 28.1 Å². The minimum atomic E-state index is -0.870. The van der Waals surface area contributed by atoms with Crippen molar-refractivity contribution < 1.29 is 9.59 Å². The molecule has 1 N–H and O–H groups in total. The maximum Gasteiger partial charge on any atom is 0.217 e. The van der Waals surface area contributed by atoms with E-state index >= 15 is 0 Å². The molecule has 0 aliphatic rings. The Morgan fingerprint density at radius 2 is 1.62 bits per heavy atom. The van der Waals surface area contributed by atoms with Gasteiger partial charge in [-0.1, -0.05) is 46.9 Å². The Hall–Kier alpha value is -2.34. The molecule has 0 aliphatic heterocycles. The molecule has 5 nitrogen and oxygen atoms in total. The zero-order valence-electron chi connectivity index (χ0n) is 16.0. The van der Waals surface area contributed by atoms with E-state index in [1.54, 1.807) is 35.0 Å². The first kappa shape index (κ1) is 21.4. The van der Waals surface area contributed by atoms with Crippen LogP contribution in [0.3, 0.4) is 0 Å². The summed E-state index contributed by atoms with van der Waals surface area (Å²) < 4.78 is 1.66. The molecule has 0 saturated carbocycles. The van der Waals surface area contributed by atoms with E-state index in [9.17, 15) is 9.59 Å². The number of halogens is 3. The number of rotatable bonds is 5. The van der Waals surface area contributed by atoms with Crippen LogP contribution in [-0.4, -0.2) is 21.5 Å². The van der Waals surface area contributed by atoms with E-state index in [1.165, 1.54) is 13.8 Å². The summed E-state index contributed by atoms with van der Waals surface area (Å²) in [4.78, 5) is 23.9. The van der Waals surface area contributed by atoms with Gasteiger partial charge < -0.3 is 5.32 Å². The van der Waals surface area contributed by atoms with Crippen LogP contribution in [-0.2, 0) is 9.59 Å². The molecule has 0 aliphatic carbocycles. The predicted octanol–water partition coefficient (Wildman–Crippen LogP) is 5.57. The molecule has 1 aromatic heterocycles. The molecule has 0 radical (unpaired) electrons. The van der Waals surface area contributed by atoms with Crippen molar-refractivity contribution in [1.29, 1.82) is 0 Å². The summed E-state index contributed by atoms with van der Waals surface area (Å²) in [7, 11) is 0. The monoisotopic (exact) mass is 449 g/mol. The van der Waals surface area contributed by atoms with Gasteiger partial charge >= 0.3 is 0 Å². The Morgan fingerprint density at radius 1 is 1.00 bits per heavy atom. The second kappa shape index (κ2) is 8.57. The van der Waals surface area contributed by atoms with Crippen LogP contribution in [0, 0.1) is 6.92 Å². The van der Waals surface area contributed by atoms with Crippen molar-refractivity contribution >= 4 is 46.5 Å². The average molecular weight is 451 g/mol. The van der Waals surface area contributed by atoms with E-state index in [2.05, 4.69) is 10.4 Å². The van der Waals surface area contributed by atoms with Gasteiger partial charge in [-0.25, -0.2) is 4.68 Å². The van der Waals surface area contributed by atoms with E-state index in [1.807, 2.05) is 19.1 Å². The number of hydrogen-bond donors (Lipinski definition) is 1. The molecule has 2 aromatic carbocycles. The van der Waals surface area contributed by atoms with Crippen LogP contribution in [0.5, 0.6) is 0 Å². The molecule has 8 heteroatoms. The first-order valence-corrected chi connectivity index (χ1v) is 9.91. The van der Waals surface area contributed by atoms with Gasteiger partial charge in [0.15, 0.2) is 5.78 Å². The van der Waals surface area contributed by atoms with Crippen LogP contribution in [0.15, 0.2) is 42.5 Å². The van der Waals surface area contributed by atoms with Crippen molar-refractivity contribution in [2.24, 2.45) is 0 Å². The van der Waals surface area contributed by atoms with Crippen molar-refractivity contribution in [2.75, 3.05) is 0 Å². The summed E-state index contributed by atoms with van der Waals surface area (Å²) in [6.45, 7) is 4.62. The Kier molecular flexibility index (Phi) is 6.32. The van der Waals surface area contributed by atoms with Crippen LogP contribution in [0.1, 0.15) is 31.1 Å². The molecule has 0 fully saturated rings. The van der Waals surface area contributed by atoms with Crippen molar-refractivity contribution in [2.45, 2.75) is 26.8 Å². The number of benzene rings is 2. The van der Waals surface area contributed by atoms with Crippen LogP contribution >= 0.6 is 34.8 Å². The fourth-order valence-corrected chi connectivity index (χ4v) is 3.74. The van der Waals surface area contributed by atoms with Crippen LogP contribution in [0.4, 0.5) is 0 Å². The van der Waals surface area contributed by atoms with Gasteiger partial charge in [0.2, 0.25) is 5.91 Å². The summed E-state index contributed by atoms with van der Waals surface area (Å²) >= 11 is 18.5. The lowest BCUT2D eigenvalue weighted by molar-refractivity contribution is -0.125. The zero-order chi connectivity index (χ0) is 21.3. The zero-order valence-corrected chi connectivity index (χ0v) is 18.2. The normalized spacial score (nSPS) is 11.9. The lowest BCUT2D eigenvalue weighted by Gasteiger charge is -2.13. The quantitative estimate of drug-likeness (QED) is 0.552. The third-order valence-corrected chi connectivity index (χ3v) is 5.23. The Morgan fingerprint density at radius 3 is 2.17 bits per heavy atom. The van der Waals surface area contributed by atoms with E-state index in [-0.39, 0.29) is 11.7 Å². The highest BCUT2D eigenvalue weighted by Gasteiger charge is 2.27. The molecule has 0 saturated heterocycles. The van der Waals surface area contributed by atoms with Crippen molar-refractivity contribution in [3.8, 4) is 16.9 Å².